The van der Waals surface area contributed by atoms with E-state index in [0.717, 1.165) is 21.6 Å². The minimum absolute atomic E-state index is 0.181. The summed E-state index contributed by atoms with van der Waals surface area (Å²) in [6.45, 7) is 3.81. The van der Waals surface area contributed by atoms with Gasteiger partial charge in [-0.15, -0.1) is 11.3 Å². The van der Waals surface area contributed by atoms with Gasteiger partial charge < -0.3 is 5.32 Å². The first-order valence-corrected chi connectivity index (χ1v) is 12.5. The Kier molecular flexibility index (Phi) is 6.60. The molecule has 5 rings (SSSR count). The topological polar surface area (TPSA) is 92.7 Å². The maximum atomic E-state index is 13.1. The summed E-state index contributed by atoms with van der Waals surface area (Å²) >= 11 is 1.55. The number of H-pyrrole nitrogens is 1. The number of carbonyl (C=O) groups is 1. The molecule has 0 aliphatic rings. The predicted octanol–water partition coefficient (Wildman–Crippen LogP) is 5.07. The van der Waals surface area contributed by atoms with Gasteiger partial charge in [-0.25, -0.2) is 4.98 Å². The highest BCUT2D eigenvalue weighted by Crippen LogP contribution is 2.27. The lowest BCUT2D eigenvalue weighted by molar-refractivity contribution is -0.115. The minimum atomic E-state index is -0.230. The van der Waals surface area contributed by atoms with Crippen molar-refractivity contribution in [2.75, 3.05) is 5.32 Å². The molecule has 3 heterocycles. The summed E-state index contributed by atoms with van der Waals surface area (Å²) in [5.41, 5.74) is 4.71. The fourth-order valence-corrected chi connectivity index (χ4v) is 4.76. The summed E-state index contributed by atoms with van der Waals surface area (Å²) in [5.74, 6) is 0.511. The zero-order chi connectivity index (χ0) is 25.1. The average molecular weight is 496 g/mol. The number of nitrogens with one attached hydrogen (secondary N) is 2. The molecule has 0 aliphatic carbocycles. The molecule has 0 unspecified atom stereocenters. The van der Waals surface area contributed by atoms with Gasteiger partial charge in [0.15, 0.2) is 0 Å². The van der Waals surface area contributed by atoms with Crippen molar-refractivity contribution in [2.45, 2.75) is 26.7 Å². The normalized spacial score (nSPS) is 10.9. The molecular weight excluding hydrogens is 470 g/mol. The van der Waals surface area contributed by atoms with Gasteiger partial charge >= 0.3 is 0 Å². The fraction of sp³-hybridized carbons (Fsp3) is 0.143. The minimum Gasteiger partial charge on any atom is -0.310 e. The summed E-state index contributed by atoms with van der Waals surface area (Å²) in [4.78, 5) is 34.5. The number of nitrogens with zero attached hydrogens (tertiary/aromatic N) is 3. The number of hydrogen-bond acceptors (Lipinski definition) is 5. The number of anilines is 1. The van der Waals surface area contributed by atoms with Crippen molar-refractivity contribution in [3.8, 4) is 16.5 Å². The van der Waals surface area contributed by atoms with Crippen molar-refractivity contribution < 1.29 is 4.79 Å². The molecule has 0 fully saturated rings. The smallest absolute Gasteiger partial charge is 0.256 e. The Morgan fingerprint density at radius 1 is 1.00 bits per heavy atom. The first kappa shape index (κ1) is 23.4. The second-order valence-corrected chi connectivity index (χ2v) is 9.58. The largest absolute Gasteiger partial charge is 0.310 e. The molecule has 0 saturated carbocycles. The van der Waals surface area contributed by atoms with Crippen molar-refractivity contribution in [2.24, 2.45) is 0 Å². The van der Waals surface area contributed by atoms with E-state index < -0.39 is 0 Å². The van der Waals surface area contributed by atoms with Crippen LogP contribution in [0, 0.1) is 13.8 Å². The number of aromatic nitrogens is 4. The summed E-state index contributed by atoms with van der Waals surface area (Å²) in [6.07, 6.45) is 0.703. The van der Waals surface area contributed by atoms with Crippen LogP contribution in [0.2, 0.25) is 0 Å². The molecule has 0 aliphatic heterocycles. The molecule has 180 valence electrons. The van der Waals surface area contributed by atoms with Crippen molar-refractivity contribution >= 4 is 23.1 Å². The van der Waals surface area contributed by atoms with Gasteiger partial charge in [0.05, 0.1) is 17.0 Å². The van der Waals surface area contributed by atoms with E-state index in [4.69, 9.17) is 0 Å². The lowest BCUT2D eigenvalue weighted by atomic mass is 10.1. The van der Waals surface area contributed by atoms with Gasteiger partial charge in [0.1, 0.15) is 11.5 Å². The molecule has 1 amide bonds. The van der Waals surface area contributed by atoms with Crippen LogP contribution in [0.5, 0.6) is 0 Å². The van der Waals surface area contributed by atoms with Gasteiger partial charge in [0, 0.05) is 18.1 Å². The number of carbonyl (C=O) groups excluding carboxylic acids is 1. The number of rotatable bonds is 7. The number of hydrogen-bond donors (Lipinski definition) is 2. The van der Waals surface area contributed by atoms with Crippen LogP contribution < -0.4 is 10.9 Å². The monoisotopic (exact) mass is 495 g/mol. The van der Waals surface area contributed by atoms with E-state index in [1.54, 1.807) is 17.4 Å². The molecule has 5 aromatic rings. The second kappa shape index (κ2) is 10.1. The first-order chi connectivity index (χ1) is 17.5. The van der Waals surface area contributed by atoms with Crippen LogP contribution in [0.4, 0.5) is 5.82 Å². The maximum absolute atomic E-state index is 13.1. The fourth-order valence-electron chi connectivity index (χ4n) is 4.07. The molecule has 36 heavy (non-hydrogen) atoms. The lowest BCUT2D eigenvalue weighted by Gasteiger charge is -2.11. The van der Waals surface area contributed by atoms with Crippen LogP contribution in [-0.4, -0.2) is 25.7 Å². The summed E-state index contributed by atoms with van der Waals surface area (Å²) < 4.78 is 1.49. The third-order valence-corrected chi connectivity index (χ3v) is 6.72. The van der Waals surface area contributed by atoms with Crippen LogP contribution in [0.1, 0.15) is 27.9 Å². The average Bonchev–Trinajstić information content (AvgIpc) is 3.52. The van der Waals surface area contributed by atoms with E-state index in [-0.39, 0.29) is 23.8 Å². The Labute approximate surface area is 212 Å². The molecule has 8 heteroatoms. The van der Waals surface area contributed by atoms with E-state index in [1.165, 1.54) is 4.68 Å². The van der Waals surface area contributed by atoms with Crippen molar-refractivity contribution in [1.82, 2.24) is 19.7 Å². The third kappa shape index (κ3) is 5.18. The van der Waals surface area contributed by atoms with Crippen LogP contribution in [0.3, 0.4) is 0 Å². The van der Waals surface area contributed by atoms with Crippen molar-refractivity contribution in [3.05, 3.63) is 116 Å². The second-order valence-electron chi connectivity index (χ2n) is 8.63. The Balaban J connectivity index is 1.49. The van der Waals surface area contributed by atoms with Crippen LogP contribution in [-0.2, 0) is 17.6 Å². The van der Waals surface area contributed by atoms with Crippen LogP contribution in [0.15, 0.2) is 83.0 Å². The molecule has 0 atom stereocenters. The summed E-state index contributed by atoms with van der Waals surface area (Å²) in [5, 5.41) is 9.59. The zero-order valence-electron chi connectivity index (χ0n) is 20.0. The SMILES string of the molecule is Cc1cccc(CC(=O)Nc2cc(-c3cccs3)nn2-c2nc(C)c(Cc3ccccc3)c(=O)[nH]2)c1. The molecular formula is C28H25N5O2S. The molecule has 2 aromatic carbocycles. The highest BCUT2D eigenvalue weighted by atomic mass is 32.1. The Hall–Kier alpha value is -4.30. The Bertz CT molecular complexity index is 1570. The molecule has 0 bridgehead atoms. The number of amides is 1. The van der Waals surface area contributed by atoms with Gasteiger partial charge in [0.2, 0.25) is 11.9 Å². The number of benzene rings is 2. The molecule has 3 aromatic heterocycles. The summed E-state index contributed by atoms with van der Waals surface area (Å²) in [6, 6.07) is 23.3. The van der Waals surface area contributed by atoms with E-state index in [1.807, 2.05) is 86.0 Å². The third-order valence-electron chi connectivity index (χ3n) is 5.83. The maximum Gasteiger partial charge on any atom is 0.256 e. The molecule has 0 radical (unpaired) electrons. The van der Waals surface area contributed by atoms with Crippen LogP contribution >= 0.6 is 11.3 Å². The molecule has 0 spiro atoms. The lowest BCUT2D eigenvalue weighted by Crippen LogP contribution is -2.22. The number of aromatic amines is 1. The number of aryl methyl sites for hydroxylation is 2. The Morgan fingerprint density at radius 2 is 1.81 bits per heavy atom. The summed E-state index contributed by atoms with van der Waals surface area (Å²) in [7, 11) is 0. The van der Waals surface area contributed by atoms with Crippen molar-refractivity contribution in [3.63, 3.8) is 0 Å². The predicted molar refractivity (Wildman–Crippen MR) is 143 cm³/mol. The van der Waals surface area contributed by atoms with Gasteiger partial charge in [-0.2, -0.15) is 9.78 Å². The first-order valence-electron chi connectivity index (χ1n) is 11.6. The highest BCUT2D eigenvalue weighted by Gasteiger charge is 2.18. The number of thiophene rings is 1. The molecule has 0 saturated heterocycles. The van der Waals surface area contributed by atoms with Crippen LogP contribution in [0.25, 0.3) is 16.5 Å². The van der Waals surface area contributed by atoms with Gasteiger partial charge in [-0.3, -0.25) is 14.6 Å². The quantitative estimate of drug-likeness (QED) is 0.330. The van der Waals surface area contributed by atoms with Gasteiger partial charge in [-0.1, -0.05) is 66.2 Å². The zero-order valence-corrected chi connectivity index (χ0v) is 20.8. The molecule has 2 N–H and O–H groups in total. The van der Waals surface area contributed by atoms with E-state index in [9.17, 15) is 9.59 Å². The van der Waals surface area contributed by atoms with Gasteiger partial charge in [0.25, 0.3) is 5.56 Å². The van der Waals surface area contributed by atoms with Crippen molar-refractivity contribution in [1.29, 1.82) is 0 Å². The van der Waals surface area contributed by atoms with Gasteiger partial charge in [-0.05, 0) is 36.4 Å². The van der Waals surface area contributed by atoms with E-state index in [2.05, 4.69) is 20.4 Å². The standard InChI is InChI=1S/C28H25N5O2S/c1-18-8-6-11-21(14-18)16-26(34)30-25-17-23(24-12-7-13-36-24)32-33(25)28-29-19(2)22(27(35)31-28)15-20-9-4-3-5-10-20/h3-14,17H,15-16H2,1-2H3,(H,30,34)(H,29,31,35). The van der Waals surface area contributed by atoms with E-state index >= 15 is 0 Å². The highest BCUT2D eigenvalue weighted by molar-refractivity contribution is 7.13. The molecule has 7 nitrogen and oxygen atoms in total. The van der Waals surface area contributed by atoms with E-state index in [0.29, 0.717) is 29.2 Å². The Morgan fingerprint density at radius 3 is 2.53 bits per heavy atom.